The monoisotopic (exact) mass is 284 g/mol. The average molecular weight is 284 g/mol. The van der Waals surface area contributed by atoms with Crippen molar-refractivity contribution in [1.29, 1.82) is 0 Å². The summed E-state index contributed by atoms with van der Waals surface area (Å²) in [6.45, 7) is 4.70. The molecule has 0 aromatic carbocycles. The van der Waals surface area contributed by atoms with Gasteiger partial charge in [-0.2, -0.15) is 0 Å². The molecule has 3 atom stereocenters. The van der Waals surface area contributed by atoms with Gasteiger partial charge in [-0.1, -0.05) is 13.3 Å². The zero-order valence-electron chi connectivity index (χ0n) is 12.5. The van der Waals surface area contributed by atoms with Crippen LogP contribution in [0.1, 0.15) is 45.4 Å². The maximum absolute atomic E-state index is 11.6. The van der Waals surface area contributed by atoms with E-state index in [4.69, 9.17) is 0 Å². The number of amides is 1. The Labute approximate surface area is 121 Å². The van der Waals surface area contributed by atoms with Crippen LogP contribution in [0.4, 0.5) is 0 Å². The predicted octanol–water partition coefficient (Wildman–Crippen LogP) is 0.595. The molecule has 0 spiro atoms. The van der Waals surface area contributed by atoms with Crippen LogP contribution < -0.4 is 0 Å². The van der Waals surface area contributed by atoms with Crippen molar-refractivity contribution in [3.63, 3.8) is 0 Å². The minimum atomic E-state index is -0.512. The average Bonchev–Trinajstić information content (AvgIpc) is 2.84. The number of hydrogen-bond donors (Lipinski definition) is 2. The van der Waals surface area contributed by atoms with Gasteiger partial charge < -0.3 is 15.1 Å². The van der Waals surface area contributed by atoms with Crippen LogP contribution in [0.15, 0.2) is 0 Å². The summed E-state index contributed by atoms with van der Waals surface area (Å²) in [7, 11) is 0. The van der Waals surface area contributed by atoms with Gasteiger partial charge in [-0.15, -0.1) is 0 Å². The van der Waals surface area contributed by atoms with Gasteiger partial charge >= 0.3 is 0 Å². The molecule has 2 aliphatic heterocycles. The Balaban J connectivity index is 1.84. The number of β-amino-alcohol motifs (C(OH)–C–C–N with tert-alkyl or cyclic N) is 1. The van der Waals surface area contributed by atoms with Crippen molar-refractivity contribution in [2.45, 2.75) is 63.7 Å². The lowest BCUT2D eigenvalue weighted by molar-refractivity contribution is -0.129. The summed E-state index contributed by atoms with van der Waals surface area (Å²) < 4.78 is 0. The molecular formula is C15H28N2O3. The molecule has 2 saturated heterocycles. The van der Waals surface area contributed by atoms with Crippen molar-refractivity contribution in [3.8, 4) is 0 Å². The Hall–Kier alpha value is -0.650. The predicted molar refractivity (Wildman–Crippen MR) is 77.3 cm³/mol. The van der Waals surface area contributed by atoms with Crippen molar-refractivity contribution in [2.24, 2.45) is 0 Å². The van der Waals surface area contributed by atoms with Gasteiger partial charge in [0.15, 0.2) is 0 Å². The first kappa shape index (κ1) is 15.7. The molecule has 0 saturated carbocycles. The molecule has 5 heteroatoms. The van der Waals surface area contributed by atoms with Gasteiger partial charge in [0.05, 0.1) is 12.2 Å². The lowest BCUT2D eigenvalue weighted by Gasteiger charge is -2.39. The molecule has 20 heavy (non-hydrogen) atoms. The van der Waals surface area contributed by atoms with Gasteiger partial charge in [0.1, 0.15) is 0 Å². The number of rotatable bonds is 6. The van der Waals surface area contributed by atoms with Gasteiger partial charge in [0.2, 0.25) is 5.91 Å². The molecule has 2 N–H and O–H groups in total. The van der Waals surface area contributed by atoms with Crippen LogP contribution in [0.3, 0.4) is 0 Å². The summed E-state index contributed by atoms with van der Waals surface area (Å²) in [5.41, 5.74) is 0. The fourth-order valence-electron chi connectivity index (χ4n) is 3.43. The van der Waals surface area contributed by atoms with Crippen LogP contribution in [0.25, 0.3) is 0 Å². The molecule has 116 valence electrons. The highest BCUT2D eigenvalue weighted by Crippen LogP contribution is 2.22. The van der Waals surface area contributed by atoms with Crippen LogP contribution in [-0.2, 0) is 4.79 Å². The molecule has 0 aromatic rings. The lowest BCUT2D eigenvalue weighted by atomic mass is 9.95. The number of aliphatic hydroxyl groups is 2. The minimum Gasteiger partial charge on any atom is -0.392 e. The Bertz CT molecular complexity index is 324. The van der Waals surface area contributed by atoms with Crippen LogP contribution in [0.2, 0.25) is 0 Å². The number of carbonyl (C=O) groups is 1. The van der Waals surface area contributed by atoms with E-state index in [0.29, 0.717) is 19.5 Å². The van der Waals surface area contributed by atoms with E-state index in [1.165, 1.54) is 0 Å². The van der Waals surface area contributed by atoms with E-state index in [-0.39, 0.29) is 18.1 Å². The third-order valence-corrected chi connectivity index (χ3v) is 4.57. The highest BCUT2D eigenvalue weighted by Gasteiger charge is 2.30. The molecule has 2 fully saturated rings. The summed E-state index contributed by atoms with van der Waals surface area (Å²) in [6.07, 6.45) is 4.74. The first-order valence-electron chi connectivity index (χ1n) is 7.99. The van der Waals surface area contributed by atoms with E-state index in [9.17, 15) is 15.0 Å². The van der Waals surface area contributed by atoms with Crippen molar-refractivity contribution < 1.29 is 15.0 Å². The summed E-state index contributed by atoms with van der Waals surface area (Å²) in [6, 6.07) is 0.165. The highest BCUT2D eigenvalue weighted by atomic mass is 16.3. The van der Waals surface area contributed by atoms with Gasteiger partial charge in [-0.05, 0) is 32.2 Å². The first-order valence-corrected chi connectivity index (χ1v) is 7.99. The summed E-state index contributed by atoms with van der Waals surface area (Å²) in [5, 5.41) is 20.3. The van der Waals surface area contributed by atoms with Gasteiger partial charge in [-0.3, -0.25) is 9.69 Å². The zero-order valence-corrected chi connectivity index (χ0v) is 12.5. The van der Waals surface area contributed by atoms with Crippen molar-refractivity contribution in [2.75, 3.05) is 26.2 Å². The zero-order chi connectivity index (χ0) is 14.5. The van der Waals surface area contributed by atoms with Gasteiger partial charge in [0.25, 0.3) is 0 Å². The van der Waals surface area contributed by atoms with E-state index in [0.717, 1.165) is 45.2 Å². The van der Waals surface area contributed by atoms with Gasteiger partial charge in [-0.25, -0.2) is 0 Å². The third-order valence-electron chi connectivity index (χ3n) is 4.57. The Kier molecular flexibility index (Phi) is 5.81. The van der Waals surface area contributed by atoms with Crippen molar-refractivity contribution >= 4 is 5.91 Å². The second-order valence-electron chi connectivity index (χ2n) is 6.13. The number of hydrogen-bond acceptors (Lipinski definition) is 4. The quantitative estimate of drug-likeness (QED) is 0.749. The topological polar surface area (TPSA) is 64.0 Å². The summed E-state index contributed by atoms with van der Waals surface area (Å²) >= 11 is 0. The van der Waals surface area contributed by atoms with Crippen LogP contribution in [0, 0.1) is 0 Å². The van der Waals surface area contributed by atoms with E-state index in [2.05, 4.69) is 4.90 Å². The maximum atomic E-state index is 11.6. The summed E-state index contributed by atoms with van der Waals surface area (Å²) in [5.74, 6) is 0.160. The summed E-state index contributed by atoms with van der Waals surface area (Å²) in [4.78, 5) is 15.6. The number of aliphatic hydroxyl groups excluding tert-OH is 2. The fraction of sp³-hybridized carbons (Fsp3) is 0.933. The third kappa shape index (κ3) is 3.93. The molecule has 2 aliphatic rings. The number of nitrogens with zero attached hydrogens (tertiary/aromatic N) is 2. The minimum absolute atomic E-state index is 0.160. The number of piperidine rings is 1. The second kappa shape index (κ2) is 7.38. The fourth-order valence-corrected chi connectivity index (χ4v) is 3.43. The Morgan fingerprint density at radius 3 is 2.65 bits per heavy atom. The highest BCUT2D eigenvalue weighted by molar-refractivity contribution is 5.78. The van der Waals surface area contributed by atoms with Crippen molar-refractivity contribution in [3.05, 3.63) is 0 Å². The Morgan fingerprint density at radius 2 is 2.00 bits per heavy atom. The van der Waals surface area contributed by atoms with E-state index in [1.54, 1.807) is 4.90 Å². The number of likely N-dealkylation sites (tertiary alicyclic amines) is 2. The molecule has 0 aromatic heterocycles. The van der Waals surface area contributed by atoms with E-state index in [1.807, 2.05) is 6.92 Å². The van der Waals surface area contributed by atoms with Crippen molar-refractivity contribution in [1.82, 2.24) is 9.80 Å². The molecular weight excluding hydrogens is 256 g/mol. The van der Waals surface area contributed by atoms with Crippen LogP contribution in [-0.4, -0.2) is 70.3 Å². The standard InChI is InChI=1S/C15H28N2O3/c1-2-14(19)13-6-3-4-8-16(13)10-12(18)11-17-9-5-7-15(17)20/h12-14,18-19H,2-11H2,1H3. The SMILES string of the molecule is CCC(O)C1CCCCN1CC(O)CN1CCCC1=O. The molecule has 3 unspecified atom stereocenters. The van der Waals surface area contributed by atoms with E-state index >= 15 is 0 Å². The second-order valence-corrected chi connectivity index (χ2v) is 6.13. The molecule has 5 nitrogen and oxygen atoms in total. The number of carbonyl (C=O) groups excluding carboxylic acids is 1. The maximum Gasteiger partial charge on any atom is 0.222 e. The molecule has 0 radical (unpaired) electrons. The molecule has 2 heterocycles. The Morgan fingerprint density at radius 1 is 1.20 bits per heavy atom. The normalized spacial score (nSPS) is 27.9. The molecule has 0 aliphatic carbocycles. The smallest absolute Gasteiger partial charge is 0.222 e. The molecule has 1 amide bonds. The first-order chi connectivity index (χ1) is 9.61. The lowest BCUT2D eigenvalue weighted by Crippen LogP contribution is -2.51. The van der Waals surface area contributed by atoms with Crippen LogP contribution in [0.5, 0.6) is 0 Å². The molecule has 0 bridgehead atoms. The van der Waals surface area contributed by atoms with Crippen LogP contribution >= 0.6 is 0 Å². The largest absolute Gasteiger partial charge is 0.392 e. The molecule has 2 rings (SSSR count). The van der Waals surface area contributed by atoms with E-state index < -0.39 is 6.10 Å². The van der Waals surface area contributed by atoms with Gasteiger partial charge in [0, 0.05) is 32.1 Å².